The fourth-order valence-corrected chi connectivity index (χ4v) is 1.25. The van der Waals surface area contributed by atoms with Crippen LogP contribution < -0.4 is 0 Å². The summed E-state index contributed by atoms with van der Waals surface area (Å²) in [7, 11) is 0. The summed E-state index contributed by atoms with van der Waals surface area (Å²) in [5, 5.41) is 14.6. The van der Waals surface area contributed by atoms with Gasteiger partial charge in [-0.2, -0.15) is 5.10 Å². The minimum Gasteiger partial charge on any atom is -0.262 e. The van der Waals surface area contributed by atoms with E-state index in [0.29, 0.717) is 11.4 Å². The molecule has 0 saturated carbocycles. The van der Waals surface area contributed by atoms with Gasteiger partial charge in [-0.25, -0.2) is 4.68 Å². The van der Waals surface area contributed by atoms with Crippen LogP contribution in [0.1, 0.15) is 5.69 Å². The van der Waals surface area contributed by atoms with Crippen LogP contribution in [0.5, 0.6) is 0 Å². The van der Waals surface area contributed by atoms with Gasteiger partial charge in [-0.1, -0.05) is 0 Å². The van der Waals surface area contributed by atoms with Gasteiger partial charge in [0.25, 0.3) is 0 Å². The fourth-order valence-electron chi connectivity index (χ4n) is 1.25. The standard InChI is InChI=1S/C9H8N4O2/c1-7-9(13(14)15)6-12(11-7)8-3-2-4-10-5-8/h2-6H,1H3. The van der Waals surface area contributed by atoms with Gasteiger partial charge in [-0.3, -0.25) is 15.1 Å². The molecule has 6 nitrogen and oxygen atoms in total. The van der Waals surface area contributed by atoms with E-state index in [1.54, 1.807) is 31.5 Å². The molecular weight excluding hydrogens is 196 g/mol. The molecule has 0 amide bonds. The molecule has 0 aliphatic carbocycles. The summed E-state index contributed by atoms with van der Waals surface area (Å²) in [6, 6.07) is 3.53. The summed E-state index contributed by atoms with van der Waals surface area (Å²) < 4.78 is 1.44. The number of rotatable bonds is 2. The minimum atomic E-state index is -0.449. The zero-order valence-corrected chi connectivity index (χ0v) is 7.99. The molecular formula is C9H8N4O2. The Balaban J connectivity index is 2.48. The van der Waals surface area contributed by atoms with Crippen molar-refractivity contribution in [1.82, 2.24) is 14.8 Å². The first-order valence-electron chi connectivity index (χ1n) is 4.29. The average Bonchev–Trinajstić information content (AvgIpc) is 2.62. The third-order valence-electron chi connectivity index (χ3n) is 1.98. The lowest BCUT2D eigenvalue weighted by Gasteiger charge is -1.96. The van der Waals surface area contributed by atoms with Gasteiger partial charge < -0.3 is 0 Å². The fraction of sp³-hybridized carbons (Fsp3) is 0.111. The van der Waals surface area contributed by atoms with E-state index in [9.17, 15) is 10.1 Å². The van der Waals surface area contributed by atoms with Gasteiger partial charge in [0.05, 0.1) is 16.8 Å². The number of nitrogens with zero attached hydrogens (tertiary/aromatic N) is 4. The maximum absolute atomic E-state index is 10.6. The molecule has 0 aliphatic rings. The lowest BCUT2D eigenvalue weighted by Crippen LogP contribution is -1.94. The van der Waals surface area contributed by atoms with Crippen molar-refractivity contribution in [2.45, 2.75) is 6.92 Å². The highest BCUT2D eigenvalue weighted by Gasteiger charge is 2.15. The van der Waals surface area contributed by atoms with E-state index >= 15 is 0 Å². The van der Waals surface area contributed by atoms with Crippen molar-refractivity contribution >= 4 is 5.69 Å². The Hall–Kier alpha value is -2.24. The van der Waals surface area contributed by atoms with Gasteiger partial charge >= 0.3 is 5.69 Å². The monoisotopic (exact) mass is 204 g/mol. The average molecular weight is 204 g/mol. The lowest BCUT2D eigenvalue weighted by molar-refractivity contribution is -0.385. The second-order valence-electron chi connectivity index (χ2n) is 3.01. The molecule has 0 unspecified atom stereocenters. The first-order valence-corrected chi connectivity index (χ1v) is 4.29. The first-order chi connectivity index (χ1) is 7.18. The van der Waals surface area contributed by atoms with Crippen LogP contribution in [0.15, 0.2) is 30.7 Å². The van der Waals surface area contributed by atoms with Gasteiger partial charge in [-0.05, 0) is 19.1 Å². The van der Waals surface area contributed by atoms with Crippen molar-refractivity contribution in [3.63, 3.8) is 0 Å². The quantitative estimate of drug-likeness (QED) is 0.548. The molecule has 2 aromatic rings. The maximum Gasteiger partial charge on any atom is 0.310 e. The van der Waals surface area contributed by atoms with Gasteiger partial charge in [-0.15, -0.1) is 0 Å². The normalized spacial score (nSPS) is 10.2. The molecule has 2 aromatic heterocycles. The first kappa shape index (κ1) is 9.32. The van der Waals surface area contributed by atoms with Gasteiger partial charge in [0.1, 0.15) is 11.9 Å². The highest BCUT2D eigenvalue weighted by molar-refractivity contribution is 5.37. The zero-order valence-electron chi connectivity index (χ0n) is 7.99. The largest absolute Gasteiger partial charge is 0.310 e. The molecule has 0 radical (unpaired) electrons. The van der Waals surface area contributed by atoms with Crippen LogP contribution in [-0.2, 0) is 0 Å². The summed E-state index contributed by atoms with van der Waals surface area (Å²) in [6.45, 7) is 1.60. The zero-order chi connectivity index (χ0) is 10.8. The van der Waals surface area contributed by atoms with Crippen LogP contribution in [0.3, 0.4) is 0 Å². The van der Waals surface area contributed by atoms with Gasteiger partial charge in [0.15, 0.2) is 0 Å². The third kappa shape index (κ3) is 1.69. The van der Waals surface area contributed by atoms with Gasteiger partial charge in [0, 0.05) is 6.20 Å². The summed E-state index contributed by atoms with van der Waals surface area (Å²) in [4.78, 5) is 14.1. The van der Waals surface area contributed by atoms with E-state index in [0.717, 1.165) is 0 Å². The van der Waals surface area contributed by atoms with E-state index in [-0.39, 0.29) is 5.69 Å². The second kappa shape index (κ2) is 3.49. The molecule has 15 heavy (non-hydrogen) atoms. The van der Waals surface area contributed by atoms with Crippen molar-refractivity contribution in [1.29, 1.82) is 0 Å². The van der Waals surface area contributed by atoms with Crippen molar-refractivity contribution in [2.75, 3.05) is 0 Å². The number of nitro groups is 1. The van der Waals surface area contributed by atoms with Crippen molar-refractivity contribution < 1.29 is 4.92 Å². The molecule has 0 aromatic carbocycles. The van der Waals surface area contributed by atoms with Gasteiger partial charge in [0.2, 0.25) is 0 Å². The molecule has 2 rings (SSSR count). The molecule has 0 fully saturated rings. The number of aromatic nitrogens is 3. The van der Waals surface area contributed by atoms with Crippen molar-refractivity contribution in [3.8, 4) is 5.69 Å². The predicted octanol–water partition coefficient (Wildman–Crippen LogP) is 1.48. The summed E-state index contributed by atoms with van der Waals surface area (Å²) in [5.41, 5.74) is 1.11. The Morgan fingerprint density at radius 2 is 2.33 bits per heavy atom. The topological polar surface area (TPSA) is 73.8 Å². The van der Waals surface area contributed by atoms with Crippen LogP contribution >= 0.6 is 0 Å². The van der Waals surface area contributed by atoms with Crippen LogP contribution in [0, 0.1) is 17.0 Å². The summed E-state index contributed by atoms with van der Waals surface area (Å²) >= 11 is 0. The Kier molecular flexibility index (Phi) is 2.17. The van der Waals surface area contributed by atoms with Crippen molar-refractivity contribution in [2.24, 2.45) is 0 Å². The number of aryl methyl sites for hydroxylation is 1. The molecule has 0 N–H and O–H groups in total. The second-order valence-corrected chi connectivity index (χ2v) is 3.01. The SMILES string of the molecule is Cc1nn(-c2cccnc2)cc1[N+](=O)[O-]. The molecule has 0 saturated heterocycles. The Morgan fingerprint density at radius 3 is 2.87 bits per heavy atom. The highest BCUT2D eigenvalue weighted by Crippen LogP contribution is 2.17. The van der Waals surface area contributed by atoms with E-state index in [1.807, 2.05) is 0 Å². The highest BCUT2D eigenvalue weighted by atomic mass is 16.6. The molecule has 0 atom stereocenters. The lowest BCUT2D eigenvalue weighted by atomic mass is 10.4. The number of pyridine rings is 1. The molecule has 6 heteroatoms. The maximum atomic E-state index is 10.6. The van der Waals surface area contributed by atoms with E-state index in [1.165, 1.54) is 10.9 Å². The van der Waals surface area contributed by atoms with Crippen LogP contribution in [0.4, 0.5) is 5.69 Å². The molecule has 0 spiro atoms. The predicted molar refractivity (Wildman–Crippen MR) is 52.8 cm³/mol. The van der Waals surface area contributed by atoms with Crippen LogP contribution in [-0.4, -0.2) is 19.7 Å². The molecule has 2 heterocycles. The van der Waals surface area contributed by atoms with E-state index in [4.69, 9.17) is 0 Å². The smallest absolute Gasteiger partial charge is 0.262 e. The summed E-state index contributed by atoms with van der Waals surface area (Å²) in [6.07, 6.45) is 4.61. The number of hydrogen-bond donors (Lipinski definition) is 0. The van der Waals surface area contributed by atoms with E-state index < -0.39 is 4.92 Å². The molecule has 76 valence electrons. The molecule has 0 aliphatic heterocycles. The van der Waals surface area contributed by atoms with Crippen LogP contribution in [0.2, 0.25) is 0 Å². The van der Waals surface area contributed by atoms with Crippen LogP contribution in [0.25, 0.3) is 5.69 Å². The van der Waals surface area contributed by atoms with Crippen molar-refractivity contribution in [3.05, 3.63) is 46.5 Å². The van der Waals surface area contributed by atoms with E-state index in [2.05, 4.69) is 10.1 Å². The third-order valence-corrected chi connectivity index (χ3v) is 1.98. The Morgan fingerprint density at radius 1 is 1.53 bits per heavy atom. The summed E-state index contributed by atoms with van der Waals surface area (Å²) in [5.74, 6) is 0. The minimum absolute atomic E-state index is 0.0128. The molecule has 0 bridgehead atoms. The Bertz CT molecular complexity index is 492. The number of hydrogen-bond acceptors (Lipinski definition) is 4. The Labute approximate surface area is 85.3 Å².